The highest BCUT2D eigenvalue weighted by molar-refractivity contribution is 5.70. The first-order chi connectivity index (χ1) is 23.1. The Bertz CT molecular complexity index is 1190. The third kappa shape index (κ3) is 17.3. The number of halogens is 3. The molecule has 1 unspecified atom stereocenters. The van der Waals surface area contributed by atoms with Crippen LogP contribution >= 0.6 is 0 Å². The summed E-state index contributed by atoms with van der Waals surface area (Å²) in [7, 11) is 0. The van der Waals surface area contributed by atoms with E-state index in [2.05, 4.69) is 9.68 Å². The molecular weight excluding hydrogens is 669 g/mol. The zero-order valence-electron chi connectivity index (χ0n) is 26.4. The van der Waals surface area contributed by atoms with Crippen LogP contribution in [0.1, 0.15) is 50.5 Å². The minimum Gasteiger partial charge on any atom is -0.491 e. The summed E-state index contributed by atoms with van der Waals surface area (Å²) in [6.07, 6.45) is -0.956. The molecule has 19 heteroatoms. The van der Waals surface area contributed by atoms with Gasteiger partial charge in [-0.15, -0.1) is 0 Å². The Morgan fingerprint density at radius 2 is 1.65 bits per heavy atom. The molecule has 49 heavy (non-hydrogen) atoms. The second-order valence-corrected chi connectivity index (χ2v) is 11.0. The van der Waals surface area contributed by atoms with E-state index in [-0.39, 0.29) is 50.6 Å². The Morgan fingerprint density at radius 3 is 2.35 bits per heavy atom. The predicted octanol–water partition coefficient (Wildman–Crippen LogP) is 2.73. The molecule has 0 heterocycles. The summed E-state index contributed by atoms with van der Waals surface area (Å²) < 4.78 is 54.1. The number of allylic oxidation sites excluding steroid dienone is 2. The van der Waals surface area contributed by atoms with E-state index >= 15 is 0 Å². The van der Waals surface area contributed by atoms with Gasteiger partial charge in [-0.1, -0.05) is 30.4 Å². The lowest BCUT2D eigenvalue weighted by molar-refractivity contribution is -0.495. The van der Waals surface area contributed by atoms with Gasteiger partial charge in [0.05, 0.1) is 35.2 Å². The summed E-state index contributed by atoms with van der Waals surface area (Å²) in [5.74, 6) is -2.36. The first-order valence-corrected chi connectivity index (χ1v) is 15.3. The van der Waals surface area contributed by atoms with Crippen LogP contribution in [0.5, 0.6) is 5.75 Å². The van der Waals surface area contributed by atoms with Gasteiger partial charge in [0, 0.05) is 25.2 Å². The summed E-state index contributed by atoms with van der Waals surface area (Å²) in [4.78, 5) is 32.9. The number of rotatable bonds is 22. The molecule has 1 aliphatic carbocycles. The molecular formula is C30H43F3N2O14. The van der Waals surface area contributed by atoms with Crippen molar-refractivity contribution in [3.05, 3.63) is 54.1 Å². The second kappa shape index (κ2) is 21.8. The van der Waals surface area contributed by atoms with Crippen molar-refractivity contribution >= 4 is 11.9 Å². The van der Waals surface area contributed by atoms with Crippen LogP contribution in [-0.4, -0.2) is 110 Å². The van der Waals surface area contributed by atoms with Gasteiger partial charge in [-0.2, -0.15) is 13.2 Å². The molecule has 0 amide bonds. The molecule has 0 bridgehead atoms. The number of aliphatic hydroxyl groups excluding tert-OH is 3. The number of hydrogen-bond donors (Lipinski definition) is 7. The van der Waals surface area contributed by atoms with Gasteiger partial charge in [0.2, 0.25) is 0 Å². The van der Waals surface area contributed by atoms with Gasteiger partial charge in [0.15, 0.2) is 6.10 Å². The maximum atomic E-state index is 12.9. The molecule has 1 saturated carbocycles. The first kappa shape index (κ1) is 42.0. The number of alkyl halides is 3. The minimum atomic E-state index is -4.54. The van der Waals surface area contributed by atoms with E-state index in [4.69, 9.17) is 35.0 Å². The number of hydrogen-bond acceptors (Lipinski definition) is 16. The monoisotopic (exact) mass is 712 g/mol. The van der Waals surface area contributed by atoms with Crippen molar-refractivity contribution in [3.8, 4) is 5.75 Å². The van der Waals surface area contributed by atoms with Crippen molar-refractivity contribution in [2.45, 2.75) is 75.5 Å². The molecule has 0 spiro atoms. The van der Waals surface area contributed by atoms with E-state index in [1.54, 1.807) is 18.2 Å². The Hall–Kier alpha value is -3.21. The third-order valence-corrected chi connectivity index (χ3v) is 7.22. The number of carbonyl (C=O) groups is 2. The van der Waals surface area contributed by atoms with Crippen molar-refractivity contribution in [3.63, 3.8) is 0 Å². The van der Waals surface area contributed by atoms with E-state index in [9.17, 15) is 38.1 Å². The van der Waals surface area contributed by atoms with Crippen molar-refractivity contribution in [1.82, 2.24) is 10.8 Å². The number of nitrogens with zero attached hydrogens (tertiary/aromatic N) is 2. The van der Waals surface area contributed by atoms with E-state index in [1.165, 1.54) is 18.2 Å². The normalized spacial score (nSPS) is 21.1. The standard InChI is InChI=1S/C30H43F3N2O14/c31-30(32,33)20-7-5-8-22(15-20)45-17-21(36)12-13-25-24(26(37)16-27(25)38)9-3-1-2-4-10-28(39)46-18-23(19-48-35(43)44)49-29(40)11-6-14-47-34(41)42/h1,3,5,7-8,12-13,15,21,23-27,36-38,41-44H,2,4,6,9-11,14,16-19H2/b3-1-,13-12+/t21-,23?,24-,25-,26+,27-/m1/s1. The van der Waals surface area contributed by atoms with Gasteiger partial charge < -0.3 is 29.5 Å². The lowest BCUT2D eigenvalue weighted by atomic mass is 9.89. The fourth-order valence-corrected chi connectivity index (χ4v) is 4.83. The van der Waals surface area contributed by atoms with Gasteiger partial charge in [0.25, 0.3) is 0 Å². The average molecular weight is 713 g/mol. The number of esters is 2. The van der Waals surface area contributed by atoms with Gasteiger partial charge in [-0.25, -0.2) is 4.84 Å². The predicted molar refractivity (Wildman–Crippen MR) is 156 cm³/mol. The highest BCUT2D eigenvalue weighted by Gasteiger charge is 2.39. The molecule has 0 radical (unpaired) electrons. The van der Waals surface area contributed by atoms with Crippen molar-refractivity contribution in [2.75, 3.05) is 26.4 Å². The molecule has 1 aromatic carbocycles. The number of unbranched alkanes of at least 4 members (excludes halogenated alkanes) is 1. The molecule has 6 atom stereocenters. The zero-order valence-corrected chi connectivity index (χ0v) is 26.4. The van der Waals surface area contributed by atoms with Crippen LogP contribution in [-0.2, 0) is 34.9 Å². The Balaban J connectivity index is 1.74. The Morgan fingerprint density at radius 1 is 0.939 bits per heavy atom. The number of ether oxygens (including phenoxy) is 3. The lowest BCUT2D eigenvalue weighted by Crippen LogP contribution is -2.32. The molecule has 2 rings (SSSR count). The molecule has 7 N–H and O–H groups in total. The highest BCUT2D eigenvalue weighted by Crippen LogP contribution is 2.36. The Labute approximate surface area is 279 Å². The minimum absolute atomic E-state index is 0.00919. The van der Waals surface area contributed by atoms with E-state index < -0.39 is 78.0 Å². The number of carbonyl (C=O) groups excluding carboxylic acids is 2. The smallest absolute Gasteiger partial charge is 0.416 e. The van der Waals surface area contributed by atoms with Crippen molar-refractivity contribution in [1.29, 1.82) is 0 Å². The number of benzene rings is 1. The van der Waals surface area contributed by atoms with E-state index in [1.807, 2.05) is 0 Å². The molecule has 0 saturated heterocycles. The first-order valence-electron chi connectivity index (χ1n) is 15.3. The van der Waals surface area contributed by atoms with E-state index in [0.717, 1.165) is 12.1 Å². The maximum Gasteiger partial charge on any atom is 0.416 e. The van der Waals surface area contributed by atoms with Crippen molar-refractivity contribution < 1.29 is 82.8 Å². The van der Waals surface area contributed by atoms with Crippen LogP contribution in [0.2, 0.25) is 0 Å². The molecule has 0 aliphatic heterocycles. The molecule has 1 aromatic rings. The van der Waals surface area contributed by atoms with Gasteiger partial charge >= 0.3 is 18.1 Å². The highest BCUT2D eigenvalue weighted by atomic mass is 19.4. The van der Waals surface area contributed by atoms with Crippen LogP contribution in [0.4, 0.5) is 13.2 Å². The third-order valence-electron chi connectivity index (χ3n) is 7.22. The van der Waals surface area contributed by atoms with Crippen LogP contribution in [0.15, 0.2) is 48.6 Å². The van der Waals surface area contributed by atoms with Crippen molar-refractivity contribution in [2.24, 2.45) is 11.8 Å². The van der Waals surface area contributed by atoms with E-state index in [0.29, 0.717) is 19.3 Å². The van der Waals surface area contributed by atoms with Crippen LogP contribution in [0.3, 0.4) is 0 Å². The van der Waals surface area contributed by atoms with Gasteiger partial charge in [-0.05, 0) is 49.8 Å². The Kier molecular flexibility index (Phi) is 18.7. The summed E-state index contributed by atoms with van der Waals surface area (Å²) in [5.41, 5.74) is -0.883. The van der Waals surface area contributed by atoms with Crippen LogP contribution < -0.4 is 4.74 Å². The average Bonchev–Trinajstić information content (AvgIpc) is 3.30. The topological polar surface area (TPSA) is 228 Å². The summed E-state index contributed by atoms with van der Waals surface area (Å²) in [6, 6.07) is 4.25. The fourth-order valence-electron chi connectivity index (χ4n) is 4.83. The maximum absolute atomic E-state index is 12.9. The quantitative estimate of drug-likeness (QED) is 0.0397. The molecule has 0 aromatic heterocycles. The SMILES string of the molecule is O=C(CCC/C=C\C[C@@H]1[C@@H](/C=C/[C@@H](O)COc2cccc(C(F)(F)F)c2)[C@H](O)C[C@@H]1O)OCC(CON(O)O)OC(=O)CCCON(O)O. The molecule has 16 nitrogen and oxygen atoms in total. The largest absolute Gasteiger partial charge is 0.491 e. The summed E-state index contributed by atoms with van der Waals surface area (Å²) in [5, 5.41) is 64.4. The lowest BCUT2D eigenvalue weighted by Gasteiger charge is -2.20. The van der Waals surface area contributed by atoms with Gasteiger partial charge in [0.1, 0.15) is 31.7 Å². The molecule has 278 valence electrons. The van der Waals surface area contributed by atoms with Crippen LogP contribution in [0, 0.1) is 11.8 Å². The number of aliphatic hydroxyl groups is 3. The van der Waals surface area contributed by atoms with Crippen LogP contribution in [0.25, 0.3) is 0 Å². The molecule has 1 fully saturated rings. The zero-order chi connectivity index (χ0) is 36.4. The fraction of sp³-hybridized carbons (Fsp3) is 0.600. The summed E-state index contributed by atoms with van der Waals surface area (Å²) >= 11 is 0. The molecule has 1 aliphatic rings. The van der Waals surface area contributed by atoms with Gasteiger partial charge in [-0.3, -0.25) is 35.3 Å². The summed E-state index contributed by atoms with van der Waals surface area (Å²) in [6.45, 7) is -1.55. The second-order valence-electron chi connectivity index (χ2n) is 11.0.